The highest BCUT2D eigenvalue weighted by Gasteiger charge is 2.29. The van der Waals surface area contributed by atoms with Crippen LogP contribution in [0.25, 0.3) is 0 Å². The molecule has 2 aromatic rings. The van der Waals surface area contributed by atoms with Gasteiger partial charge in [0.1, 0.15) is 17.1 Å². The number of anilines is 1. The van der Waals surface area contributed by atoms with E-state index in [-0.39, 0.29) is 5.56 Å². The molecule has 1 aromatic heterocycles. The van der Waals surface area contributed by atoms with Crippen LogP contribution in [-0.2, 0) is 6.54 Å². The fourth-order valence-electron chi connectivity index (χ4n) is 4.19. The number of ether oxygens (including phenoxy) is 1. The van der Waals surface area contributed by atoms with Crippen molar-refractivity contribution < 1.29 is 14.6 Å². The third-order valence-electron chi connectivity index (χ3n) is 5.98. The summed E-state index contributed by atoms with van der Waals surface area (Å²) in [6.07, 6.45) is 7.51. The third-order valence-corrected chi connectivity index (χ3v) is 5.98. The minimum atomic E-state index is -0.924. The van der Waals surface area contributed by atoms with E-state index < -0.39 is 5.97 Å². The Labute approximate surface area is 185 Å². The van der Waals surface area contributed by atoms with Crippen molar-refractivity contribution in [2.45, 2.75) is 58.5 Å². The van der Waals surface area contributed by atoms with E-state index in [0.717, 1.165) is 51.4 Å². The SMILES string of the molecule is CCCCCCOc1ccc(CN(CC)[C@@H]2CCN(c3ncccc3C(=O)O)C2)cc1. The van der Waals surface area contributed by atoms with Crippen molar-refractivity contribution in [2.75, 3.05) is 31.1 Å². The Morgan fingerprint density at radius 3 is 2.71 bits per heavy atom. The molecule has 1 fully saturated rings. The lowest BCUT2D eigenvalue weighted by atomic mass is 10.1. The minimum Gasteiger partial charge on any atom is -0.494 e. The van der Waals surface area contributed by atoms with Gasteiger partial charge in [-0.25, -0.2) is 9.78 Å². The number of carbonyl (C=O) groups is 1. The zero-order chi connectivity index (χ0) is 22.1. The lowest BCUT2D eigenvalue weighted by molar-refractivity contribution is 0.0697. The highest BCUT2D eigenvalue weighted by molar-refractivity contribution is 5.93. The summed E-state index contributed by atoms with van der Waals surface area (Å²) >= 11 is 0. The maximum atomic E-state index is 11.5. The van der Waals surface area contributed by atoms with E-state index in [1.165, 1.54) is 24.8 Å². The van der Waals surface area contributed by atoms with Crippen LogP contribution in [0.5, 0.6) is 5.75 Å². The lowest BCUT2D eigenvalue weighted by Gasteiger charge is -2.28. The highest BCUT2D eigenvalue weighted by Crippen LogP contribution is 2.25. The van der Waals surface area contributed by atoms with Gasteiger partial charge < -0.3 is 14.7 Å². The summed E-state index contributed by atoms with van der Waals surface area (Å²) in [5, 5.41) is 9.47. The molecule has 2 heterocycles. The number of nitrogens with zero attached hydrogens (tertiary/aromatic N) is 3. The van der Waals surface area contributed by atoms with Crippen molar-refractivity contribution in [1.82, 2.24) is 9.88 Å². The van der Waals surface area contributed by atoms with Gasteiger partial charge in [0, 0.05) is 31.9 Å². The number of rotatable bonds is 12. The zero-order valence-corrected chi connectivity index (χ0v) is 18.8. The van der Waals surface area contributed by atoms with Gasteiger partial charge in [0.05, 0.1) is 6.61 Å². The van der Waals surface area contributed by atoms with Crippen LogP contribution in [-0.4, -0.2) is 53.2 Å². The molecular formula is C25H35N3O3. The van der Waals surface area contributed by atoms with E-state index in [4.69, 9.17) is 4.74 Å². The van der Waals surface area contributed by atoms with Gasteiger partial charge in [0.15, 0.2) is 0 Å². The molecule has 31 heavy (non-hydrogen) atoms. The normalized spacial score (nSPS) is 16.1. The molecule has 0 spiro atoms. The quantitative estimate of drug-likeness (QED) is 0.491. The van der Waals surface area contributed by atoms with Crippen LogP contribution in [0.15, 0.2) is 42.6 Å². The van der Waals surface area contributed by atoms with Gasteiger partial charge in [-0.15, -0.1) is 0 Å². The predicted molar refractivity (Wildman–Crippen MR) is 124 cm³/mol. The first-order valence-electron chi connectivity index (χ1n) is 11.5. The topological polar surface area (TPSA) is 65.9 Å². The van der Waals surface area contributed by atoms with Crippen molar-refractivity contribution >= 4 is 11.8 Å². The summed E-state index contributed by atoms with van der Waals surface area (Å²) in [7, 11) is 0. The summed E-state index contributed by atoms with van der Waals surface area (Å²) in [5.74, 6) is 0.590. The van der Waals surface area contributed by atoms with E-state index >= 15 is 0 Å². The van der Waals surface area contributed by atoms with E-state index in [0.29, 0.717) is 11.9 Å². The Kier molecular flexibility index (Phi) is 8.71. The second-order valence-corrected chi connectivity index (χ2v) is 8.18. The maximum absolute atomic E-state index is 11.5. The number of aromatic carboxylic acids is 1. The fraction of sp³-hybridized carbons (Fsp3) is 0.520. The molecule has 1 atom stereocenters. The lowest BCUT2D eigenvalue weighted by Crippen LogP contribution is -2.37. The maximum Gasteiger partial charge on any atom is 0.339 e. The Morgan fingerprint density at radius 1 is 1.19 bits per heavy atom. The number of benzene rings is 1. The van der Waals surface area contributed by atoms with Crippen LogP contribution in [0.2, 0.25) is 0 Å². The van der Waals surface area contributed by atoms with Crippen molar-refractivity contribution in [3.8, 4) is 5.75 Å². The molecule has 1 N–H and O–H groups in total. The predicted octanol–water partition coefficient (Wildman–Crippen LogP) is 4.84. The Bertz CT molecular complexity index is 825. The van der Waals surface area contributed by atoms with E-state index in [9.17, 15) is 9.90 Å². The van der Waals surface area contributed by atoms with E-state index in [2.05, 4.69) is 52.9 Å². The standard InChI is InChI=1S/C25H35N3O3/c1-3-5-6-7-17-31-22-12-10-20(11-13-22)18-27(4-2)21-14-16-28(19-21)24-23(25(29)30)9-8-15-26-24/h8-13,15,21H,3-7,14,16-19H2,1-2H3,(H,29,30)/t21-/m1/s1. The van der Waals surface area contributed by atoms with Gasteiger partial charge in [0.2, 0.25) is 0 Å². The molecule has 6 nitrogen and oxygen atoms in total. The van der Waals surface area contributed by atoms with Crippen LogP contribution in [0.1, 0.15) is 61.9 Å². The largest absolute Gasteiger partial charge is 0.494 e. The molecule has 0 unspecified atom stereocenters. The molecule has 1 saturated heterocycles. The van der Waals surface area contributed by atoms with Crippen LogP contribution >= 0.6 is 0 Å². The molecule has 3 rings (SSSR count). The average Bonchev–Trinajstić information content (AvgIpc) is 3.28. The molecule has 168 valence electrons. The molecule has 0 aliphatic carbocycles. The number of hydrogen-bond acceptors (Lipinski definition) is 5. The van der Waals surface area contributed by atoms with Gasteiger partial charge in [-0.05, 0) is 49.2 Å². The monoisotopic (exact) mass is 425 g/mol. The molecule has 1 aromatic carbocycles. The average molecular weight is 426 g/mol. The molecule has 0 radical (unpaired) electrons. The van der Waals surface area contributed by atoms with Gasteiger partial charge in [-0.1, -0.05) is 45.2 Å². The van der Waals surface area contributed by atoms with Crippen molar-refractivity contribution in [3.63, 3.8) is 0 Å². The minimum absolute atomic E-state index is 0.275. The molecule has 1 aliphatic rings. The van der Waals surface area contributed by atoms with Gasteiger partial charge >= 0.3 is 5.97 Å². The smallest absolute Gasteiger partial charge is 0.339 e. The molecule has 0 bridgehead atoms. The zero-order valence-electron chi connectivity index (χ0n) is 18.8. The molecule has 0 amide bonds. The molecule has 1 aliphatic heterocycles. The summed E-state index contributed by atoms with van der Waals surface area (Å²) in [5.41, 5.74) is 1.54. The molecular weight excluding hydrogens is 390 g/mol. The number of aromatic nitrogens is 1. The fourth-order valence-corrected chi connectivity index (χ4v) is 4.19. The summed E-state index contributed by atoms with van der Waals surface area (Å²) in [6.45, 7) is 8.62. The number of pyridine rings is 1. The number of hydrogen-bond donors (Lipinski definition) is 1. The van der Waals surface area contributed by atoms with Crippen LogP contribution in [0.3, 0.4) is 0 Å². The number of unbranched alkanes of at least 4 members (excludes halogenated alkanes) is 3. The van der Waals surface area contributed by atoms with Crippen molar-refractivity contribution in [3.05, 3.63) is 53.7 Å². The van der Waals surface area contributed by atoms with Gasteiger partial charge in [-0.3, -0.25) is 4.90 Å². The van der Waals surface area contributed by atoms with E-state index in [1.807, 2.05) is 0 Å². The molecule has 0 saturated carbocycles. The van der Waals surface area contributed by atoms with Crippen molar-refractivity contribution in [2.24, 2.45) is 0 Å². The highest BCUT2D eigenvalue weighted by atomic mass is 16.5. The summed E-state index contributed by atoms with van der Waals surface area (Å²) in [4.78, 5) is 20.5. The first-order chi connectivity index (χ1) is 15.1. The third kappa shape index (κ3) is 6.44. The van der Waals surface area contributed by atoms with Crippen molar-refractivity contribution in [1.29, 1.82) is 0 Å². The Morgan fingerprint density at radius 2 is 2.00 bits per heavy atom. The van der Waals surface area contributed by atoms with Gasteiger partial charge in [-0.2, -0.15) is 0 Å². The number of carboxylic acid groups (broad SMARTS) is 1. The summed E-state index contributed by atoms with van der Waals surface area (Å²) < 4.78 is 5.86. The van der Waals surface area contributed by atoms with Crippen LogP contribution in [0, 0.1) is 0 Å². The Balaban J connectivity index is 1.54. The second kappa shape index (κ2) is 11.7. The Hall–Kier alpha value is -2.60. The first kappa shape index (κ1) is 23.1. The molecule has 6 heteroatoms. The first-order valence-corrected chi connectivity index (χ1v) is 11.5. The van der Waals surface area contributed by atoms with Gasteiger partial charge in [0.25, 0.3) is 0 Å². The number of likely N-dealkylation sites (N-methyl/N-ethyl adjacent to an activating group) is 1. The second-order valence-electron chi connectivity index (χ2n) is 8.18. The van der Waals surface area contributed by atoms with Crippen LogP contribution < -0.4 is 9.64 Å². The van der Waals surface area contributed by atoms with E-state index in [1.54, 1.807) is 18.3 Å². The summed E-state index contributed by atoms with van der Waals surface area (Å²) in [6, 6.07) is 12.1. The number of carboxylic acids is 1. The van der Waals surface area contributed by atoms with Crippen LogP contribution in [0.4, 0.5) is 5.82 Å².